The largest absolute Gasteiger partial charge is 0.545 e. The van der Waals surface area contributed by atoms with Gasteiger partial charge in [0.25, 0.3) is 0 Å². The summed E-state index contributed by atoms with van der Waals surface area (Å²) in [7, 11) is 5.91. The van der Waals surface area contributed by atoms with E-state index >= 15 is 0 Å². The molecule has 9 heteroatoms. The number of esters is 2. The number of unbranched alkanes of at least 4 members (excludes halogenated alkanes) is 27. The molecule has 0 rings (SSSR count). The van der Waals surface area contributed by atoms with Crippen LogP contribution in [-0.2, 0) is 33.3 Å². The average Bonchev–Trinajstić information content (AvgIpc) is 3.57. The molecule has 0 aliphatic heterocycles. The van der Waals surface area contributed by atoms with Crippen LogP contribution >= 0.6 is 0 Å². The summed E-state index contributed by atoms with van der Waals surface area (Å²) in [6, 6.07) is 0. The van der Waals surface area contributed by atoms with Gasteiger partial charge in [-0.3, -0.25) is 9.59 Å². The van der Waals surface area contributed by atoms with Crippen molar-refractivity contribution >= 4 is 17.9 Å². The molecule has 87 heavy (non-hydrogen) atoms. The average molecular weight is 1210 g/mol. The van der Waals surface area contributed by atoms with Crippen LogP contribution in [0.1, 0.15) is 284 Å². The van der Waals surface area contributed by atoms with Gasteiger partial charge in [-0.25, -0.2) is 0 Å². The highest BCUT2D eigenvalue weighted by molar-refractivity contribution is 5.70. The first-order valence-electron chi connectivity index (χ1n) is 35.3. The van der Waals surface area contributed by atoms with Crippen LogP contribution in [0.4, 0.5) is 0 Å². The lowest BCUT2D eigenvalue weighted by Crippen LogP contribution is -2.44. The first-order valence-corrected chi connectivity index (χ1v) is 35.3. The summed E-state index contributed by atoms with van der Waals surface area (Å²) in [6.07, 6.45) is 94.2. The Morgan fingerprint density at radius 1 is 0.345 bits per heavy atom. The summed E-state index contributed by atoms with van der Waals surface area (Å²) < 4.78 is 22.7. The van der Waals surface area contributed by atoms with Crippen molar-refractivity contribution in [2.75, 3.05) is 47.5 Å². The zero-order valence-electron chi connectivity index (χ0n) is 56.6. The van der Waals surface area contributed by atoms with Gasteiger partial charge in [0, 0.05) is 12.8 Å². The van der Waals surface area contributed by atoms with Gasteiger partial charge in [-0.1, -0.05) is 295 Å². The molecule has 0 spiro atoms. The van der Waals surface area contributed by atoms with Crippen LogP contribution in [-0.4, -0.2) is 82.3 Å². The van der Waals surface area contributed by atoms with Crippen LogP contribution in [0.5, 0.6) is 0 Å². The Morgan fingerprint density at radius 2 is 0.621 bits per heavy atom. The maximum Gasteiger partial charge on any atom is 0.306 e. The fourth-order valence-corrected chi connectivity index (χ4v) is 9.57. The SMILES string of the molecule is CC/C=C\C/C=C\C/C=C\C/C=C\C/C=C\C/C=C\CCCCC(=O)OC(COC(=O)CCCCCCCCCCCCCCCCCCCCCCCCCCC/C=C\C/C=C\C/C=C\C/C=C\C/C=C\CC)COC(OCC[N+](C)(C)C)C(=O)[O-]. The summed E-state index contributed by atoms with van der Waals surface area (Å²) in [6.45, 7) is 4.48. The molecule has 9 nitrogen and oxygen atoms in total. The van der Waals surface area contributed by atoms with E-state index < -0.39 is 24.3 Å². The van der Waals surface area contributed by atoms with Crippen molar-refractivity contribution in [3.05, 3.63) is 134 Å². The smallest absolute Gasteiger partial charge is 0.306 e. The molecule has 0 aromatic rings. The van der Waals surface area contributed by atoms with Crippen molar-refractivity contribution in [3.8, 4) is 0 Å². The Bertz CT molecular complexity index is 1890. The third-order valence-electron chi connectivity index (χ3n) is 14.9. The van der Waals surface area contributed by atoms with Gasteiger partial charge in [-0.15, -0.1) is 0 Å². The Hall–Kier alpha value is -4.57. The number of rotatable bonds is 64. The van der Waals surface area contributed by atoms with E-state index in [1.807, 2.05) is 21.1 Å². The molecule has 2 unspecified atom stereocenters. The van der Waals surface area contributed by atoms with Crippen LogP contribution < -0.4 is 5.11 Å². The lowest BCUT2D eigenvalue weighted by atomic mass is 10.0. The molecule has 0 saturated heterocycles. The second kappa shape index (κ2) is 67.4. The predicted octanol–water partition coefficient (Wildman–Crippen LogP) is 20.8. The third-order valence-corrected chi connectivity index (χ3v) is 14.9. The molecule has 0 heterocycles. The molecule has 2 atom stereocenters. The van der Waals surface area contributed by atoms with Gasteiger partial charge in [-0.2, -0.15) is 0 Å². The van der Waals surface area contributed by atoms with Crippen LogP contribution in [0, 0.1) is 0 Å². The second-order valence-electron chi connectivity index (χ2n) is 24.4. The van der Waals surface area contributed by atoms with E-state index in [1.54, 1.807) is 0 Å². The topological polar surface area (TPSA) is 111 Å². The van der Waals surface area contributed by atoms with Gasteiger partial charge in [0.2, 0.25) is 0 Å². The highest BCUT2D eigenvalue weighted by Gasteiger charge is 2.22. The lowest BCUT2D eigenvalue weighted by molar-refractivity contribution is -0.870. The van der Waals surface area contributed by atoms with E-state index in [2.05, 4.69) is 148 Å². The van der Waals surface area contributed by atoms with Gasteiger partial charge >= 0.3 is 11.9 Å². The highest BCUT2D eigenvalue weighted by atomic mass is 16.7. The van der Waals surface area contributed by atoms with Crippen molar-refractivity contribution < 1.29 is 42.9 Å². The fraction of sp³-hybridized carbons (Fsp3) is 0.679. The number of carbonyl (C=O) groups is 3. The van der Waals surface area contributed by atoms with Gasteiger partial charge in [0.1, 0.15) is 13.2 Å². The zero-order chi connectivity index (χ0) is 63.3. The third kappa shape index (κ3) is 68.8. The number of carbonyl (C=O) groups excluding carboxylic acids is 3. The number of carboxylic acid groups (broad SMARTS) is 1. The summed E-state index contributed by atoms with van der Waals surface area (Å²) in [5.74, 6) is -2.34. The molecule has 0 radical (unpaired) electrons. The molecule has 0 aliphatic rings. The number of aliphatic carboxylic acids is 1. The quantitative estimate of drug-likeness (QED) is 0.0195. The second-order valence-corrected chi connectivity index (χ2v) is 24.4. The Kier molecular flexibility index (Phi) is 63.8. The summed E-state index contributed by atoms with van der Waals surface area (Å²) in [5.41, 5.74) is 0. The monoisotopic (exact) mass is 1210 g/mol. The fourth-order valence-electron chi connectivity index (χ4n) is 9.57. The van der Waals surface area contributed by atoms with Crippen LogP contribution in [0.2, 0.25) is 0 Å². The molecule has 0 N–H and O–H groups in total. The number of carboxylic acids is 1. The number of likely N-dealkylation sites (N-methyl/N-ethyl adjacent to an activating group) is 1. The molecule has 0 bridgehead atoms. The predicted molar refractivity (Wildman–Crippen MR) is 370 cm³/mol. The maximum absolute atomic E-state index is 12.9. The minimum absolute atomic E-state index is 0.134. The summed E-state index contributed by atoms with van der Waals surface area (Å²) >= 11 is 0. The van der Waals surface area contributed by atoms with Crippen LogP contribution in [0.25, 0.3) is 0 Å². The minimum atomic E-state index is -1.64. The zero-order valence-corrected chi connectivity index (χ0v) is 56.6. The number of allylic oxidation sites excluding steroid dienone is 22. The number of hydrogen-bond donors (Lipinski definition) is 0. The lowest BCUT2D eigenvalue weighted by Gasteiger charge is -2.26. The van der Waals surface area contributed by atoms with E-state index in [0.29, 0.717) is 17.4 Å². The Morgan fingerprint density at radius 3 is 0.943 bits per heavy atom. The normalized spacial score (nSPS) is 13.5. The molecule has 0 fully saturated rings. The Balaban J connectivity index is 4.03. The van der Waals surface area contributed by atoms with E-state index in [0.717, 1.165) is 103 Å². The minimum Gasteiger partial charge on any atom is -0.545 e. The Labute approximate surface area is 535 Å². The van der Waals surface area contributed by atoms with Gasteiger partial charge < -0.3 is 33.3 Å². The number of hydrogen-bond acceptors (Lipinski definition) is 8. The molecular weight excluding hydrogens is 1080 g/mol. The van der Waals surface area contributed by atoms with Gasteiger partial charge in [0.05, 0.1) is 40.3 Å². The van der Waals surface area contributed by atoms with Crippen molar-refractivity contribution in [3.63, 3.8) is 0 Å². The number of nitrogens with zero attached hydrogens (tertiary/aromatic N) is 1. The van der Waals surface area contributed by atoms with Gasteiger partial charge in [0.15, 0.2) is 12.4 Å². The molecule has 0 amide bonds. The summed E-state index contributed by atoms with van der Waals surface area (Å²) in [4.78, 5) is 37.4. The van der Waals surface area contributed by atoms with E-state index in [1.165, 1.54) is 148 Å². The molecule has 0 saturated carbocycles. The molecule has 0 aromatic heterocycles. The van der Waals surface area contributed by atoms with Crippen molar-refractivity contribution in [1.82, 2.24) is 0 Å². The van der Waals surface area contributed by atoms with E-state index in [-0.39, 0.29) is 38.6 Å². The molecule has 0 aliphatic carbocycles. The standard InChI is InChI=1S/C78H131NO8/c1-6-8-10-12-14-16-18-20-22-24-26-28-29-30-31-32-33-34-35-36-37-38-39-40-41-42-43-44-45-46-47-49-50-52-54-56-58-60-62-64-66-68-75(80)85-72-74(73-86-78(77(82)83)84-71-70-79(3,4)5)87-76(81)69-67-65-63-61-59-57-55-53-51-48-27-25-23-21-19-17-15-13-11-9-7-2/h8-11,14-17,20-23,26-28,30-31,48,53,55,59,61,74,78H,6-7,12-13,18-19,24-25,29,32-47,49-52,54,56-58,60,62-73H2,1-5H3/b10-8-,11-9-,16-14-,17-15-,22-20-,23-21-,28-26-,31-30-,48-27-,55-53-,61-59-. The maximum atomic E-state index is 12.9. The van der Waals surface area contributed by atoms with Crippen molar-refractivity contribution in [2.24, 2.45) is 0 Å². The number of quaternary nitrogens is 1. The summed E-state index contributed by atoms with van der Waals surface area (Å²) in [5, 5.41) is 11.8. The van der Waals surface area contributed by atoms with Crippen LogP contribution in [0.3, 0.4) is 0 Å². The number of ether oxygens (including phenoxy) is 4. The molecular formula is C78H131NO8. The first-order chi connectivity index (χ1) is 42.6. The first kappa shape index (κ1) is 82.4. The van der Waals surface area contributed by atoms with Gasteiger partial charge in [-0.05, 0) is 109 Å². The van der Waals surface area contributed by atoms with Crippen molar-refractivity contribution in [2.45, 2.75) is 296 Å². The van der Waals surface area contributed by atoms with E-state index in [9.17, 15) is 19.5 Å². The highest BCUT2D eigenvalue weighted by Crippen LogP contribution is 2.17. The molecule has 496 valence electrons. The van der Waals surface area contributed by atoms with E-state index in [4.69, 9.17) is 18.9 Å². The van der Waals surface area contributed by atoms with Crippen molar-refractivity contribution in [1.29, 1.82) is 0 Å². The van der Waals surface area contributed by atoms with Crippen LogP contribution in [0.15, 0.2) is 134 Å². The molecule has 0 aromatic carbocycles.